The van der Waals surface area contributed by atoms with E-state index in [4.69, 9.17) is 5.11 Å². The van der Waals surface area contributed by atoms with Crippen molar-refractivity contribution in [2.24, 2.45) is 0 Å². The van der Waals surface area contributed by atoms with Crippen molar-refractivity contribution in [3.8, 4) is 0 Å². The quantitative estimate of drug-likeness (QED) is 0.421. The van der Waals surface area contributed by atoms with Crippen LogP contribution in [0.3, 0.4) is 0 Å². The van der Waals surface area contributed by atoms with Gasteiger partial charge >= 0.3 is 29.6 Å². The summed E-state index contributed by atoms with van der Waals surface area (Å²) >= 11 is 0. The van der Waals surface area contributed by atoms with E-state index in [1.807, 2.05) is 0 Å². The van der Waals surface area contributed by atoms with Crippen LogP contribution in [0.1, 0.15) is 59.7 Å². The Morgan fingerprint density at radius 1 is 0.833 bits per heavy atom. The summed E-state index contributed by atoms with van der Waals surface area (Å²) in [6.07, 6.45) is 10.4. The largest absolute Gasteiger partial charge is 1.00 e. The smallest absolute Gasteiger partial charge is 1.00 e. The zero-order valence-corrected chi connectivity index (χ0v) is 10.8. The monoisotopic (exact) mass is 182 g/mol. The van der Waals surface area contributed by atoms with Gasteiger partial charge in [-0.15, -0.1) is 0 Å². The van der Waals surface area contributed by atoms with Gasteiger partial charge in [0.25, 0.3) is 0 Å². The molecule has 0 spiro atoms. The van der Waals surface area contributed by atoms with E-state index >= 15 is 0 Å². The van der Waals surface area contributed by atoms with Crippen LogP contribution in [0, 0.1) is 0 Å². The fourth-order valence-electron chi connectivity index (χ4n) is 1.25. The van der Waals surface area contributed by atoms with Gasteiger partial charge in [0.05, 0.1) is 0 Å². The van der Waals surface area contributed by atoms with Crippen LogP contribution < -0.4 is 29.6 Å². The molecule has 0 saturated heterocycles. The van der Waals surface area contributed by atoms with E-state index in [1.54, 1.807) is 0 Å². The van der Waals surface area contributed by atoms with Gasteiger partial charge < -0.3 is 6.53 Å². The second-order valence-electron chi connectivity index (χ2n) is 3.20. The number of rotatable bonds is 8. The molecule has 2 heteroatoms. The molecule has 0 rings (SSSR count). The van der Waals surface area contributed by atoms with Crippen LogP contribution in [0.25, 0.3) is 0 Å². The molecule has 1 nitrogen and oxygen atoms in total. The van der Waals surface area contributed by atoms with Crippen LogP contribution in [0.15, 0.2) is 0 Å². The van der Waals surface area contributed by atoms with Gasteiger partial charge in [0.15, 0.2) is 0 Å². The Morgan fingerprint density at radius 3 is 1.67 bits per heavy atom. The molecule has 0 aliphatic carbocycles. The summed E-state index contributed by atoms with van der Waals surface area (Å²) in [7, 11) is 0. The van der Waals surface area contributed by atoms with Crippen LogP contribution in [0.2, 0.25) is 0 Å². The molecule has 0 amide bonds. The van der Waals surface area contributed by atoms with Gasteiger partial charge in [-0.1, -0.05) is 51.9 Å². The first kappa shape index (κ1) is 15.4. The van der Waals surface area contributed by atoms with Gasteiger partial charge in [-0.05, 0) is 6.42 Å². The minimum absolute atomic E-state index is 0. The summed E-state index contributed by atoms with van der Waals surface area (Å²) in [5.74, 6) is 0. The molecule has 0 unspecified atom stereocenters. The molecule has 0 aromatic carbocycles. The molecule has 0 aromatic rings. The maximum atomic E-state index is 8.51. The summed E-state index contributed by atoms with van der Waals surface area (Å²) in [5.41, 5.74) is 0. The van der Waals surface area contributed by atoms with Gasteiger partial charge in [0, 0.05) is 6.61 Å². The molecule has 0 saturated carbocycles. The Morgan fingerprint density at radius 2 is 1.25 bits per heavy atom. The summed E-state index contributed by atoms with van der Waals surface area (Å²) < 4.78 is 0. The first-order valence-corrected chi connectivity index (χ1v) is 5.02. The van der Waals surface area contributed by atoms with Gasteiger partial charge in [0.2, 0.25) is 0 Å². The first-order chi connectivity index (χ1) is 5.41. The Balaban J connectivity index is -0.000000500. The van der Waals surface area contributed by atoms with Gasteiger partial charge in [-0.25, -0.2) is 0 Å². The Hall–Kier alpha value is 0.960. The predicted molar refractivity (Wildman–Crippen MR) is 50.8 cm³/mol. The zero-order chi connectivity index (χ0) is 8.36. The van der Waals surface area contributed by atoms with Gasteiger partial charge in [-0.2, -0.15) is 0 Å². The van der Waals surface area contributed by atoms with E-state index in [-0.39, 0.29) is 31.0 Å². The average molecular weight is 182 g/mol. The molecule has 0 bridgehead atoms. The van der Waals surface area contributed by atoms with Crippen molar-refractivity contribution in [3.63, 3.8) is 0 Å². The molecule has 1 N–H and O–H groups in total. The molecule has 12 heavy (non-hydrogen) atoms. The van der Waals surface area contributed by atoms with Gasteiger partial charge in [-0.3, -0.25) is 0 Å². The predicted octanol–water partition coefficient (Wildman–Crippen LogP) is 0.236. The average Bonchev–Trinajstić information content (AvgIpc) is 2.03. The zero-order valence-electron chi connectivity index (χ0n) is 9.81. The number of hydrogen-bond acceptors (Lipinski definition) is 1. The second-order valence-corrected chi connectivity index (χ2v) is 3.20. The van der Waals surface area contributed by atoms with Crippen LogP contribution in [-0.4, -0.2) is 11.7 Å². The van der Waals surface area contributed by atoms with Crippen molar-refractivity contribution in [1.82, 2.24) is 0 Å². The minimum Gasteiger partial charge on any atom is -1.00 e. The molecular weight excluding hydrogens is 159 g/mol. The molecule has 0 fully saturated rings. The number of unbranched alkanes of at least 4 members (excludes halogenated alkanes) is 7. The first-order valence-electron chi connectivity index (χ1n) is 5.02. The van der Waals surface area contributed by atoms with Crippen molar-refractivity contribution in [2.45, 2.75) is 58.3 Å². The van der Waals surface area contributed by atoms with Crippen LogP contribution in [0.4, 0.5) is 0 Å². The molecule has 70 valence electrons. The molecule has 0 aliphatic rings. The Bertz CT molecular complexity index is 63.9. The van der Waals surface area contributed by atoms with Crippen molar-refractivity contribution in [1.29, 1.82) is 0 Å². The maximum Gasteiger partial charge on any atom is 1.00 e. The standard InChI is InChI=1S/C10H22O.Na.H/c1-2-3-4-5-6-7-8-9-10-11;;/h11H,2-10H2,1H3;;/q;+1;-1. The summed E-state index contributed by atoms with van der Waals surface area (Å²) in [5, 5.41) is 8.51. The van der Waals surface area contributed by atoms with E-state index in [0.717, 1.165) is 6.42 Å². The fourth-order valence-corrected chi connectivity index (χ4v) is 1.25. The van der Waals surface area contributed by atoms with Crippen molar-refractivity contribution >= 4 is 0 Å². The van der Waals surface area contributed by atoms with E-state index < -0.39 is 0 Å². The van der Waals surface area contributed by atoms with E-state index in [0.29, 0.717) is 6.61 Å². The molecule has 0 heterocycles. The second kappa shape index (κ2) is 14.5. The fraction of sp³-hybridized carbons (Fsp3) is 1.00. The minimum atomic E-state index is 0. The third-order valence-electron chi connectivity index (χ3n) is 2.01. The summed E-state index contributed by atoms with van der Waals surface area (Å²) in [6, 6.07) is 0. The van der Waals surface area contributed by atoms with Crippen molar-refractivity contribution < 1.29 is 36.1 Å². The third kappa shape index (κ3) is 13.5. The van der Waals surface area contributed by atoms with Crippen LogP contribution >= 0.6 is 0 Å². The Kier molecular flexibility index (Phi) is 18.6. The van der Waals surface area contributed by atoms with E-state index in [2.05, 4.69) is 6.92 Å². The topological polar surface area (TPSA) is 20.2 Å². The normalized spacial score (nSPS) is 9.50. The number of aliphatic hydroxyl groups excluding tert-OH is 1. The molecule has 0 aliphatic heterocycles. The van der Waals surface area contributed by atoms with Crippen LogP contribution in [0.5, 0.6) is 0 Å². The third-order valence-corrected chi connectivity index (χ3v) is 2.01. The molecular formula is C10H23NaO. The molecule has 0 radical (unpaired) electrons. The maximum absolute atomic E-state index is 8.51. The Labute approximate surface area is 101 Å². The van der Waals surface area contributed by atoms with Crippen molar-refractivity contribution in [3.05, 3.63) is 0 Å². The number of aliphatic hydroxyl groups is 1. The van der Waals surface area contributed by atoms with Gasteiger partial charge in [0.1, 0.15) is 0 Å². The molecule has 0 atom stereocenters. The summed E-state index contributed by atoms with van der Waals surface area (Å²) in [4.78, 5) is 0. The number of hydrogen-bond donors (Lipinski definition) is 1. The molecule has 0 aromatic heterocycles. The van der Waals surface area contributed by atoms with Crippen molar-refractivity contribution in [2.75, 3.05) is 6.61 Å². The van der Waals surface area contributed by atoms with E-state index in [9.17, 15) is 0 Å². The van der Waals surface area contributed by atoms with E-state index in [1.165, 1.54) is 44.9 Å². The SMILES string of the molecule is CCCCCCCCCCO.[H-].[Na+]. The summed E-state index contributed by atoms with van der Waals surface area (Å²) in [6.45, 7) is 2.61. The van der Waals surface area contributed by atoms with Crippen LogP contribution in [-0.2, 0) is 0 Å².